The van der Waals surface area contributed by atoms with Crippen molar-refractivity contribution in [3.05, 3.63) is 52.9 Å². The third-order valence-corrected chi connectivity index (χ3v) is 4.22. The third kappa shape index (κ3) is 3.19. The summed E-state index contributed by atoms with van der Waals surface area (Å²) in [5.74, 6) is -0.848. The zero-order valence-electron chi connectivity index (χ0n) is 10.0. The second-order valence-electron chi connectivity index (χ2n) is 3.85. The van der Waals surface area contributed by atoms with Gasteiger partial charge in [0.05, 0.1) is 28.3 Å². The molecule has 0 aliphatic carbocycles. The lowest BCUT2D eigenvalue weighted by Gasteiger charge is -2.07. The summed E-state index contributed by atoms with van der Waals surface area (Å²) in [6.45, 7) is -0.0274. The van der Waals surface area contributed by atoms with Crippen molar-refractivity contribution in [3.63, 3.8) is 0 Å². The fraction of sp³-hybridized carbons (Fsp3) is 0.0833. The van der Waals surface area contributed by atoms with Crippen molar-refractivity contribution in [2.75, 3.05) is 0 Å². The van der Waals surface area contributed by atoms with E-state index in [1.54, 1.807) is 12.1 Å². The minimum absolute atomic E-state index is 0.0255. The van der Waals surface area contributed by atoms with Crippen LogP contribution in [-0.2, 0) is 16.6 Å². The number of rotatable bonds is 5. The van der Waals surface area contributed by atoms with Crippen LogP contribution in [0, 0.1) is 0 Å². The molecule has 0 bridgehead atoms. The van der Waals surface area contributed by atoms with E-state index in [0.717, 1.165) is 6.07 Å². The molecule has 20 heavy (non-hydrogen) atoms. The van der Waals surface area contributed by atoms with Gasteiger partial charge in [-0.1, -0.05) is 11.6 Å². The molecule has 0 saturated carbocycles. The monoisotopic (exact) mass is 315 g/mol. The van der Waals surface area contributed by atoms with Gasteiger partial charge in [0.25, 0.3) is 0 Å². The van der Waals surface area contributed by atoms with E-state index in [2.05, 4.69) is 4.72 Å². The Balaban J connectivity index is 2.25. The van der Waals surface area contributed by atoms with Gasteiger partial charge in [-0.15, -0.1) is 0 Å². The molecule has 1 heterocycles. The van der Waals surface area contributed by atoms with Crippen LogP contribution in [0.5, 0.6) is 0 Å². The van der Waals surface area contributed by atoms with E-state index in [4.69, 9.17) is 21.1 Å². The average Bonchev–Trinajstić information content (AvgIpc) is 2.89. The summed E-state index contributed by atoms with van der Waals surface area (Å²) in [5, 5.41) is 8.90. The quantitative estimate of drug-likeness (QED) is 0.880. The van der Waals surface area contributed by atoms with Crippen molar-refractivity contribution in [2.45, 2.75) is 11.4 Å². The summed E-state index contributed by atoms with van der Waals surface area (Å²) >= 11 is 5.69. The molecule has 2 aromatic rings. The molecular formula is C12H10ClNO5S. The summed E-state index contributed by atoms with van der Waals surface area (Å²) in [6.07, 6.45) is 1.43. The van der Waals surface area contributed by atoms with Gasteiger partial charge in [-0.3, -0.25) is 0 Å². The second-order valence-corrected chi connectivity index (χ2v) is 6.02. The number of carbonyl (C=O) groups is 1. The fourth-order valence-electron chi connectivity index (χ4n) is 1.50. The molecular weight excluding hydrogens is 306 g/mol. The van der Waals surface area contributed by atoms with Crippen LogP contribution < -0.4 is 4.72 Å². The number of sulfonamides is 1. The third-order valence-electron chi connectivity index (χ3n) is 2.50. The van der Waals surface area contributed by atoms with E-state index in [1.807, 2.05) is 0 Å². The number of benzene rings is 1. The Labute approximate surface area is 120 Å². The summed E-state index contributed by atoms with van der Waals surface area (Å²) in [4.78, 5) is 10.8. The first-order valence-electron chi connectivity index (χ1n) is 5.45. The molecule has 2 rings (SSSR count). The minimum atomic E-state index is -3.84. The lowest BCUT2D eigenvalue weighted by Crippen LogP contribution is -2.23. The molecule has 0 aliphatic rings. The predicted molar refractivity (Wildman–Crippen MR) is 71.1 cm³/mol. The van der Waals surface area contributed by atoms with Gasteiger partial charge in [-0.25, -0.2) is 17.9 Å². The van der Waals surface area contributed by atoms with E-state index in [0.29, 0.717) is 5.76 Å². The molecule has 0 radical (unpaired) electrons. The predicted octanol–water partition coefficient (Wildman–Crippen LogP) is 2.11. The Bertz CT molecular complexity index is 724. The first kappa shape index (κ1) is 14.6. The van der Waals surface area contributed by atoms with Crippen LogP contribution in [0.15, 0.2) is 45.9 Å². The highest BCUT2D eigenvalue weighted by atomic mass is 35.5. The highest BCUT2D eigenvalue weighted by molar-refractivity contribution is 7.89. The number of carboxylic acid groups (broad SMARTS) is 1. The van der Waals surface area contributed by atoms with Crippen molar-refractivity contribution in [1.29, 1.82) is 0 Å². The number of hydrogen-bond donors (Lipinski definition) is 2. The number of halogens is 1. The molecule has 106 valence electrons. The van der Waals surface area contributed by atoms with E-state index < -0.39 is 16.0 Å². The smallest absolute Gasteiger partial charge is 0.337 e. The molecule has 0 saturated heterocycles. The van der Waals surface area contributed by atoms with Crippen LogP contribution in [0.1, 0.15) is 16.1 Å². The summed E-state index contributed by atoms with van der Waals surface area (Å²) in [6, 6.07) is 6.72. The number of nitrogens with one attached hydrogen (secondary N) is 1. The summed E-state index contributed by atoms with van der Waals surface area (Å²) in [5.41, 5.74) is -0.271. The average molecular weight is 316 g/mol. The van der Waals surface area contributed by atoms with Crippen LogP contribution in [-0.4, -0.2) is 19.5 Å². The highest BCUT2D eigenvalue weighted by Crippen LogP contribution is 2.20. The van der Waals surface area contributed by atoms with Gasteiger partial charge < -0.3 is 9.52 Å². The van der Waals surface area contributed by atoms with E-state index >= 15 is 0 Å². The topological polar surface area (TPSA) is 96.6 Å². The van der Waals surface area contributed by atoms with E-state index in [1.165, 1.54) is 18.4 Å². The van der Waals surface area contributed by atoms with Gasteiger partial charge in [0, 0.05) is 0 Å². The van der Waals surface area contributed by atoms with Crippen molar-refractivity contribution in [1.82, 2.24) is 4.72 Å². The lowest BCUT2D eigenvalue weighted by atomic mass is 10.2. The number of carboxylic acids is 1. The minimum Gasteiger partial charge on any atom is -0.478 e. The van der Waals surface area contributed by atoms with Gasteiger partial charge in [0.1, 0.15) is 5.76 Å². The number of aromatic carboxylic acids is 1. The largest absolute Gasteiger partial charge is 0.478 e. The van der Waals surface area contributed by atoms with Gasteiger partial charge in [-0.05, 0) is 30.3 Å². The Kier molecular flexibility index (Phi) is 4.12. The number of furan rings is 1. The molecule has 2 N–H and O–H groups in total. The lowest BCUT2D eigenvalue weighted by molar-refractivity contribution is 0.0697. The molecule has 0 aliphatic heterocycles. The molecule has 0 unspecified atom stereocenters. The molecule has 0 atom stereocenters. The summed E-state index contributed by atoms with van der Waals surface area (Å²) < 4.78 is 31.4. The maximum Gasteiger partial charge on any atom is 0.337 e. The zero-order chi connectivity index (χ0) is 14.8. The molecule has 8 heteroatoms. The fourth-order valence-corrected chi connectivity index (χ4v) is 2.72. The van der Waals surface area contributed by atoms with Crippen LogP contribution in [0.4, 0.5) is 0 Å². The van der Waals surface area contributed by atoms with Crippen LogP contribution in [0.2, 0.25) is 5.02 Å². The standard InChI is InChI=1S/C12H10ClNO5S/c13-11-4-3-9(6-10(11)12(15)16)20(17,18)14-7-8-2-1-5-19-8/h1-6,14H,7H2,(H,15,16). The van der Waals surface area contributed by atoms with Gasteiger partial charge in [-0.2, -0.15) is 0 Å². The van der Waals surface area contributed by atoms with Crippen molar-refractivity contribution in [3.8, 4) is 0 Å². The Hall–Kier alpha value is -1.83. The Morgan fingerprint density at radius 1 is 1.35 bits per heavy atom. The Morgan fingerprint density at radius 3 is 2.70 bits per heavy atom. The van der Waals surface area contributed by atoms with E-state index in [9.17, 15) is 13.2 Å². The van der Waals surface area contributed by atoms with Gasteiger partial charge in [0.15, 0.2) is 0 Å². The van der Waals surface area contributed by atoms with Crippen LogP contribution >= 0.6 is 11.6 Å². The summed E-state index contributed by atoms with van der Waals surface area (Å²) in [7, 11) is -3.84. The molecule has 0 amide bonds. The molecule has 1 aromatic carbocycles. The zero-order valence-corrected chi connectivity index (χ0v) is 11.6. The molecule has 6 nitrogen and oxygen atoms in total. The van der Waals surface area contributed by atoms with Crippen molar-refractivity contribution >= 4 is 27.6 Å². The maximum atomic E-state index is 12.0. The van der Waals surface area contributed by atoms with Gasteiger partial charge in [0.2, 0.25) is 10.0 Å². The second kappa shape index (κ2) is 5.66. The van der Waals surface area contributed by atoms with E-state index in [-0.39, 0.29) is 22.0 Å². The molecule has 0 spiro atoms. The first-order valence-corrected chi connectivity index (χ1v) is 7.31. The SMILES string of the molecule is O=C(O)c1cc(S(=O)(=O)NCc2ccco2)ccc1Cl. The molecule has 1 aromatic heterocycles. The first-order chi connectivity index (χ1) is 9.40. The van der Waals surface area contributed by atoms with Crippen molar-refractivity contribution in [2.24, 2.45) is 0 Å². The molecule has 0 fully saturated rings. The van der Waals surface area contributed by atoms with Crippen LogP contribution in [0.3, 0.4) is 0 Å². The Morgan fingerprint density at radius 2 is 2.10 bits per heavy atom. The highest BCUT2D eigenvalue weighted by Gasteiger charge is 2.18. The van der Waals surface area contributed by atoms with Gasteiger partial charge >= 0.3 is 5.97 Å². The normalized spacial score (nSPS) is 11.4. The van der Waals surface area contributed by atoms with Crippen molar-refractivity contribution < 1.29 is 22.7 Å². The number of hydrogen-bond acceptors (Lipinski definition) is 4. The van der Waals surface area contributed by atoms with Crippen LogP contribution in [0.25, 0.3) is 0 Å². The maximum absolute atomic E-state index is 12.0.